The summed E-state index contributed by atoms with van der Waals surface area (Å²) in [5.41, 5.74) is 10.0. The Labute approximate surface area is 190 Å². The summed E-state index contributed by atoms with van der Waals surface area (Å²) < 4.78 is 40.2. The topological polar surface area (TPSA) is 117 Å². The van der Waals surface area contributed by atoms with Gasteiger partial charge in [0.25, 0.3) is 5.91 Å². The van der Waals surface area contributed by atoms with Crippen LogP contribution in [0, 0.1) is 5.41 Å². The fourth-order valence-electron chi connectivity index (χ4n) is 3.14. The molecule has 0 saturated carbocycles. The van der Waals surface area contributed by atoms with Gasteiger partial charge in [-0.3, -0.25) is 9.79 Å². The summed E-state index contributed by atoms with van der Waals surface area (Å²) in [6.45, 7) is 5.90. The second kappa shape index (κ2) is 9.51. The van der Waals surface area contributed by atoms with Crippen molar-refractivity contribution in [3.63, 3.8) is 0 Å². The van der Waals surface area contributed by atoms with E-state index < -0.39 is 29.0 Å². The number of nitrogens with zero attached hydrogens (tertiary/aromatic N) is 3. The molecule has 0 unspecified atom stereocenters. The van der Waals surface area contributed by atoms with Crippen molar-refractivity contribution in [2.24, 2.45) is 26.9 Å². The lowest BCUT2D eigenvalue weighted by molar-refractivity contribution is -0.138. The zero-order chi connectivity index (χ0) is 25.1. The summed E-state index contributed by atoms with van der Waals surface area (Å²) in [6, 6.07) is 10.6. The summed E-state index contributed by atoms with van der Waals surface area (Å²) in [4.78, 5) is 21.7. The molecule has 0 aromatic heterocycles. The van der Waals surface area contributed by atoms with Gasteiger partial charge in [-0.15, -0.1) is 0 Å². The molecule has 33 heavy (non-hydrogen) atoms. The molecule has 10 heteroatoms. The Hall–Kier alpha value is -3.56. The quantitative estimate of drug-likeness (QED) is 0.464. The lowest BCUT2D eigenvalue weighted by Gasteiger charge is -2.28. The standard InChI is InChI=1S/C23H28F3N5O2/c1-22(2,3)18(13-9-7-6-8-10-13)30-20(28)19(27)29-15-12-11-14(23(24,25)26)16(17(15)32)21(33)31(4)5/h6-12,18,32H,1-5H3,(H2,27,29)(H2,28,30)/t18-/m0/s1. The SMILES string of the molecule is CN(C)C(=O)c1c(C(F)(F)F)ccc(N=C(N)C(N)=N[C@@H](c2ccccc2)C(C)(C)C)c1O. The zero-order valence-corrected chi connectivity index (χ0v) is 19.1. The van der Waals surface area contributed by atoms with Gasteiger partial charge in [0.15, 0.2) is 17.4 Å². The lowest BCUT2D eigenvalue weighted by atomic mass is 9.83. The third-order valence-corrected chi connectivity index (χ3v) is 4.79. The third kappa shape index (κ3) is 6.03. The molecule has 178 valence electrons. The van der Waals surface area contributed by atoms with Crippen molar-refractivity contribution in [2.75, 3.05) is 14.1 Å². The number of nitrogens with two attached hydrogens (primary N) is 2. The summed E-state index contributed by atoms with van der Waals surface area (Å²) >= 11 is 0. The molecule has 2 rings (SSSR count). The largest absolute Gasteiger partial charge is 0.505 e. The second-order valence-corrected chi connectivity index (χ2v) is 8.74. The molecule has 2 aromatic rings. The highest BCUT2D eigenvalue weighted by atomic mass is 19.4. The molecule has 2 aromatic carbocycles. The number of phenolic OH excluding ortho intramolecular Hbond substituents is 1. The molecule has 1 atom stereocenters. The van der Waals surface area contributed by atoms with Crippen molar-refractivity contribution in [1.82, 2.24) is 4.90 Å². The van der Waals surface area contributed by atoms with Gasteiger partial charge in [0.2, 0.25) is 0 Å². The molecule has 1 amide bonds. The van der Waals surface area contributed by atoms with Crippen LogP contribution in [0.3, 0.4) is 0 Å². The maximum Gasteiger partial charge on any atom is 0.417 e. The van der Waals surface area contributed by atoms with E-state index in [0.29, 0.717) is 6.07 Å². The molecule has 0 bridgehead atoms. The minimum absolute atomic E-state index is 0.154. The van der Waals surface area contributed by atoms with Gasteiger partial charge in [-0.2, -0.15) is 13.2 Å². The number of rotatable bonds is 4. The first-order valence-corrected chi connectivity index (χ1v) is 10.0. The number of benzene rings is 2. The van der Waals surface area contributed by atoms with E-state index >= 15 is 0 Å². The average Bonchev–Trinajstić information content (AvgIpc) is 2.71. The van der Waals surface area contributed by atoms with E-state index in [2.05, 4.69) is 9.98 Å². The number of carbonyl (C=O) groups is 1. The molecule has 0 heterocycles. The van der Waals surface area contributed by atoms with Crippen molar-refractivity contribution in [1.29, 1.82) is 0 Å². The minimum Gasteiger partial charge on any atom is -0.505 e. The van der Waals surface area contributed by atoms with Crippen molar-refractivity contribution >= 4 is 23.3 Å². The first kappa shape index (κ1) is 25.7. The zero-order valence-electron chi connectivity index (χ0n) is 19.1. The van der Waals surface area contributed by atoms with E-state index in [-0.39, 0.29) is 28.8 Å². The Morgan fingerprint density at radius 3 is 2.06 bits per heavy atom. The van der Waals surface area contributed by atoms with Crippen LogP contribution in [0.1, 0.15) is 48.3 Å². The van der Waals surface area contributed by atoms with Gasteiger partial charge >= 0.3 is 6.18 Å². The van der Waals surface area contributed by atoms with Crippen LogP contribution in [-0.2, 0) is 6.18 Å². The number of hydrogen-bond donors (Lipinski definition) is 3. The first-order chi connectivity index (χ1) is 15.1. The Morgan fingerprint density at radius 2 is 1.58 bits per heavy atom. The highest BCUT2D eigenvalue weighted by molar-refractivity contribution is 6.39. The molecule has 0 aliphatic heterocycles. The third-order valence-electron chi connectivity index (χ3n) is 4.79. The number of phenols is 1. The normalized spacial score (nSPS) is 14.2. The van der Waals surface area contributed by atoms with E-state index in [1.165, 1.54) is 14.1 Å². The predicted molar refractivity (Wildman–Crippen MR) is 123 cm³/mol. The van der Waals surface area contributed by atoms with Crippen LogP contribution >= 0.6 is 0 Å². The smallest absolute Gasteiger partial charge is 0.417 e. The molecule has 0 saturated heterocycles. The molecule has 5 N–H and O–H groups in total. The van der Waals surface area contributed by atoms with E-state index in [1.54, 1.807) is 0 Å². The van der Waals surface area contributed by atoms with Gasteiger partial charge in [0.1, 0.15) is 5.69 Å². The maximum atomic E-state index is 13.4. The predicted octanol–water partition coefficient (Wildman–Crippen LogP) is 4.25. The second-order valence-electron chi connectivity index (χ2n) is 8.74. The van der Waals surface area contributed by atoms with Crippen molar-refractivity contribution in [2.45, 2.75) is 33.0 Å². The van der Waals surface area contributed by atoms with E-state index in [0.717, 1.165) is 16.5 Å². The summed E-state index contributed by atoms with van der Waals surface area (Å²) in [5.74, 6) is -2.44. The monoisotopic (exact) mass is 463 g/mol. The Bertz CT molecular complexity index is 1070. The van der Waals surface area contributed by atoms with Crippen LogP contribution in [0.2, 0.25) is 0 Å². The minimum atomic E-state index is -4.86. The summed E-state index contributed by atoms with van der Waals surface area (Å²) in [7, 11) is 2.54. The van der Waals surface area contributed by atoms with Crippen LogP contribution in [0.5, 0.6) is 5.75 Å². The van der Waals surface area contributed by atoms with Crippen LogP contribution in [-0.4, -0.2) is 41.7 Å². The van der Waals surface area contributed by atoms with Crippen LogP contribution < -0.4 is 11.5 Å². The highest BCUT2D eigenvalue weighted by Crippen LogP contribution is 2.41. The highest BCUT2D eigenvalue weighted by Gasteiger charge is 2.38. The summed E-state index contributed by atoms with van der Waals surface area (Å²) in [6.07, 6.45) is -4.86. The lowest BCUT2D eigenvalue weighted by Crippen LogP contribution is -2.33. The Kier molecular flexibility index (Phi) is 7.41. The van der Waals surface area contributed by atoms with E-state index in [9.17, 15) is 23.1 Å². The van der Waals surface area contributed by atoms with Gasteiger partial charge in [-0.1, -0.05) is 51.1 Å². The summed E-state index contributed by atoms with van der Waals surface area (Å²) in [5, 5.41) is 10.5. The average molecular weight is 464 g/mol. The molecule has 7 nitrogen and oxygen atoms in total. The van der Waals surface area contributed by atoms with Crippen LogP contribution in [0.15, 0.2) is 52.4 Å². The van der Waals surface area contributed by atoms with Crippen molar-refractivity contribution in [3.8, 4) is 5.75 Å². The number of hydrogen-bond acceptors (Lipinski definition) is 4. The van der Waals surface area contributed by atoms with Gasteiger partial charge in [-0.25, -0.2) is 4.99 Å². The Balaban J connectivity index is 2.57. The fourth-order valence-corrected chi connectivity index (χ4v) is 3.14. The van der Waals surface area contributed by atoms with E-state index in [1.807, 2.05) is 51.1 Å². The molecule has 0 fully saturated rings. The van der Waals surface area contributed by atoms with Gasteiger partial charge < -0.3 is 21.5 Å². The number of alkyl halides is 3. The molecule has 0 radical (unpaired) electrons. The number of amides is 1. The molecular formula is C23H28F3N5O2. The molecule has 0 aliphatic carbocycles. The van der Waals surface area contributed by atoms with Gasteiger partial charge in [0, 0.05) is 14.1 Å². The first-order valence-electron chi connectivity index (χ1n) is 10.0. The van der Waals surface area contributed by atoms with Gasteiger partial charge in [0.05, 0.1) is 17.2 Å². The Morgan fingerprint density at radius 1 is 1.00 bits per heavy atom. The number of amidine groups is 2. The van der Waals surface area contributed by atoms with Crippen molar-refractivity contribution in [3.05, 3.63) is 59.2 Å². The van der Waals surface area contributed by atoms with Gasteiger partial charge in [-0.05, 0) is 23.1 Å². The van der Waals surface area contributed by atoms with E-state index in [4.69, 9.17) is 11.5 Å². The maximum absolute atomic E-state index is 13.4. The van der Waals surface area contributed by atoms with Crippen molar-refractivity contribution < 1.29 is 23.1 Å². The number of halogens is 3. The number of aliphatic imine (C=N–C) groups is 2. The van der Waals surface area contributed by atoms with Crippen LogP contribution in [0.25, 0.3) is 0 Å². The molecule has 0 aliphatic rings. The fraction of sp³-hybridized carbons (Fsp3) is 0.348. The molecule has 0 spiro atoms. The number of carbonyl (C=O) groups excluding carboxylic acids is 1. The van der Waals surface area contributed by atoms with Crippen LogP contribution in [0.4, 0.5) is 18.9 Å². The molecular weight excluding hydrogens is 435 g/mol. The number of aromatic hydroxyl groups is 1.